The second-order valence-electron chi connectivity index (χ2n) is 5.29. The summed E-state index contributed by atoms with van der Waals surface area (Å²) >= 11 is 0. The fourth-order valence-electron chi connectivity index (χ4n) is 2.21. The van der Waals surface area contributed by atoms with Crippen molar-refractivity contribution in [2.45, 2.75) is 6.54 Å². The van der Waals surface area contributed by atoms with Crippen molar-refractivity contribution >= 4 is 17.3 Å². The summed E-state index contributed by atoms with van der Waals surface area (Å²) in [6, 6.07) is 16.3. The number of amides is 1. The standard InChI is InChI=1S/C19H15N5O/c20-11-15-2-1-3-16(10-15)24-17-4-5-18(22-13-17)19(25)23-12-14-6-8-21-9-7-14/h1-10,13,24H,12H2,(H,23,25). The second kappa shape index (κ2) is 7.70. The van der Waals surface area contributed by atoms with E-state index in [-0.39, 0.29) is 5.91 Å². The maximum absolute atomic E-state index is 12.1. The minimum Gasteiger partial charge on any atom is -0.354 e. The maximum Gasteiger partial charge on any atom is 0.270 e. The van der Waals surface area contributed by atoms with Gasteiger partial charge in [-0.2, -0.15) is 5.26 Å². The number of hydrogen-bond donors (Lipinski definition) is 2. The van der Waals surface area contributed by atoms with Crippen molar-refractivity contribution in [2.24, 2.45) is 0 Å². The van der Waals surface area contributed by atoms with Crippen LogP contribution in [0.1, 0.15) is 21.6 Å². The third-order valence-corrected chi connectivity index (χ3v) is 3.48. The fourth-order valence-corrected chi connectivity index (χ4v) is 2.21. The van der Waals surface area contributed by atoms with Gasteiger partial charge in [-0.25, -0.2) is 4.98 Å². The molecule has 25 heavy (non-hydrogen) atoms. The third kappa shape index (κ3) is 4.39. The van der Waals surface area contributed by atoms with Gasteiger partial charge in [0.15, 0.2) is 0 Å². The van der Waals surface area contributed by atoms with Crippen LogP contribution in [0.3, 0.4) is 0 Å². The van der Waals surface area contributed by atoms with Crippen LogP contribution in [0, 0.1) is 11.3 Å². The van der Waals surface area contributed by atoms with Crippen molar-refractivity contribution in [2.75, 3.05) is 5.32 Å². The number of pyridine rings is 2. The number of nitrogens with one attached hydrogen (secondary N) is 2. The first kappa shape index (κ1) is 16.1. The lowest BCUT2D eigenvalue weighted by atomic mass is 10.2. The zero-order valence-corrected chi connectivity index (χ0v) is 13.3. The molecule has 2 N–H and O–H groups in total. The molecule has 2 aromatic heterocycles. The maximum atomic E-state index is 12.1. The normalized spacial score (nSPS) is 9.88. The molecule has 0 radical (unpaired) electrons. The van der Waals surface area contributed by atoms with Gasteiger partial charge in [0.1, 0.15) is 5.69 Å². The Kier molecular flexibility index (Phi) is 4.98. The number of carbonyl (C=O) groups is 1. The molecule has 0 spiro atoms. The highest BCUT2D eigenvalue weighted by Gasteiger charge is 2.07. The molecule has 0 aliphatic carbocycles. The summed E-state index contributed by atoms with van der Waals surface area (Å²) in [5, 5.41) is 14.9. The van der Waals surface area contributed by atoms with Crippen LogP contribution in [0.5, 0.6) is 0 Å². The van der Waals surface area contributed by atoms with Gasteiger partial charge >= 0.3 is 0 Å². The molecule has 6 nitrogen and oxygen atoms in total. The summed E-state index contributed by atoms with van der Waals surface area (Å²) in [5.41, 5.74) is 3.41. The monoisotopic (exact) mass is 329 g/mol. The Balaban J connectivity index is 1.61. The second-order valence-corrected chi connectivity index (χ2v) is 5.29. The average molecular weight is 329 g/mol. The van der Waals surface area contributed by atoms with Gasteiger partial charge in [0, 0.05) is 24.6 Å². The summed E-state index contributed by atoms with van der Waals surface area (Å²) in [6.45, 7) is 0.421. The van der Waals surface area contributed by atoms with Gasteiger partial charge in [-0.3, -0.25) is 9.78 Å². The number of rotatable bonds is 5. The van der Waals surface area contributed by atoms with E-state index in [4.69, 9.17) is 5.26 Å². The van der Waals surface area contributed by atoms with Crippen molar-refractivity contribution in [3.05, 3.63) is 83.9 Å². The highest BCUT2D eigenvalue weighted by Crippen LogP contribution is 2.17. The molecule has 6 heteroatoms. The van der Waals surface area contributed by atoms with Gasteiger partial charge in [0.25, 0.3) is 5.91 Å². The summed E-state index contributed by atoms with van der Waals surface area (Å²) in [4.78, 5) is 20.2. The van der Waals surface area contributed by atoms with Crippen LogP contribution in [-0.2, 0) is 6.54 Å². The lowest BCUT2D eigenvalue weighted by Gasteiger charge is -2.08. The summed E-state index contributed by atoms with van der Waals surface area (Å²) in [6.07, 6.45) is 4.95. The first-order valence-corrected chi connectivity index (χ1v) is 7.65. The van der Waals surface area contributed by atoms with Crippen LogP contribution < -0.4 is 10.6 Å². The van der Waals surface area contributed by atoms with Crippen molar-refractivity contribution in [3.63, 3.8) is 0 Å². The smallest absolute Gasteiger partial charge is 0.270 e. The molecule has 0 fully saturated rings. The van der Waals surface area contributed by atoms with Crippen molar-refractivity contribution in [1.82, 2.24) is 15.3 Å². The number of carbonyl (C=O) groups excluding carboxylic acids is 1. The van der Waals surface area contributed by atoms with Gasteiger partial charge in [-0.1, -0.05) is 6.07 Å². The van der Waals surface area contributed by atoms with Gasteiger partial charge < -0.3 is 10.6 Å². The zero-order valence-electron chi connectivity index (χ0n) is 13.3. The summed E-state index contributed by atoms with van der Waals surface area (Å²) < 4.78 is 0. The number of aromatic nitrogens is 2. The van der Waals surface area contributed by atoms with Gasteiger partial charge in [0.2, 0.25) is 0 Å². The first-order chi connectivity index (χ1) is 12.2. The zero-order chi connectivity index (χ0) is 17.5. The Labute approximate surface area is 145 Å². The molecule has 0 unspecified atom stereocenters. The topological polar surface area (TPSA) is 90.7 Å². The molecule has 0 saturated heterocycles. The number of anilines is 2. The first-order valence-electron chi connectivity index (χ1n) is 7.65. The molecule has 0 aliphatic rings. The summed E-state index contributed by atoms with van der Waals surface area (Å²) in [7, 11) is 0. The van der Waals surface area contributed by atoms with E-state index in [9.17, 15) is 4.79 Å². The summed E-state index contributed by atoms with van der Waals surface area (Å²) in [5.74, 6) is -0.241. The lowest BCUT2D eigenvalue weighted by molar-refractivity contribution is 0.0946. The molecular weight excluding hydrogens is 314 g/mol. The Morgan fingerprint density at radius 1 is 1.08 bits per heavy atom. The molecule has 1 amide bonds. The van der Waals surface area contributed by atoms with E-state index < -0.39 is 0 Å². The predicted octanol–water partition coefficient (Wildman–Crippen LogP) is 3.02. The molecule has 0 aliphatic heterocycles. The molecule has 0 saturated carbocycles. The molecular formula is C19H15N5O. The minimum absolute atomic E-state index is 0.241. The minimum atomic E-state index is -0.241. The van der Waals surface area contributed by atoms with Crippen molar-refractivity contribution in [1.29, 1.82) is 5.26 Å². The van der Waals surface area contributed by atoms with Crippen LogP contribution in [0.25, 0.3) is 0 Å². The van der Waals surface area contributed by atoms with Crippen LogP contribution in [0.2, 0.25) is 0 Å². The van der Waals surface area contributed by atoms with E-state index in [1.54, 1.807) is 48.9 Å². The average Bonchev–Trinajstić information content (AvgIpc) is 2.67. The Morgan fingerprint density at radius 3 is 2.64 bits per heavy atom. The van der Waals surface area contributed by atoms with Crippen LogP contribution in [0.15, 0.2) is 67.1 Å². The molecule has 0 atom stereocenters. The molecule has 2 heterocycles. The largest absolute Gasteiger partial charge is 0.354 e. The predicted molar refractivity (Wildman–Crippen MR) is 94.1 cm³/mol. The Bertz CT molecular complexity index is 901. The van der Waals surface area contributed by atoms with E-state index in [2.05, 4.69) is 26.7 Å². The fraction of sp³-hybridized carbons (Fsp3) is 0.0526. The van der Waals surface area contributed by atoms with Gasteiger partial charge in [0.05, 0.1) is 23.5 Å². The van der Waals surface area contributed by atoms with E-state index in [0.717, 1.165) is 16.9 Å². The van der Waals surface area contributed by atoms with Gasteiger partial charge in [-0.15, -0.1) is 0 Å². The third-order valence-electron chi connectivity index (χ3n) is 3.48. The number of hydrogen-bond acceptors (Lipinski definition) is 5. The van der Waals surface area contributed by atoms with E-state index in [0.29, 0.717) is 17.8 Å². The quantitative estimate of drug-likeness (QED) is 0.751. The lowest BCUT2D eigenvalue weighted by Crippen LogP contribution is -2.23. The van der Waals surface area contributed by atoms with Crippen LogP contribution in [-0.4, -0.2) is 15.9 Å². The molecule has 1 aromatic carbocycles. The number of benzene rings is 1. The highest BCUT2D eigenvalue weighted by molar-refractivity contribution is 5.92. The van der Waals surface area contributed by atoms with Crippen LogP contribution in [0.4, 0.5) is 11.4 Å². The van der Waals surface area contributed by atoms with E-state index >= 15 is 0 Å². The van der Waals surface area contributed by atoms with E-state index in [1.165, 1.54) is 0 Å². The SMILES string of the molecule is N#Cc1cccc(Nc2ccc(C(=O)NCc3ccncc3)nc2)c1. The molecule has 122 valence electrons. The van der Waals surface area contributed by atoms with Gasteiger partial charge in [-0.05, 0) is 48.0 Å². The van der Waals surface area contributed by atoms with Crippen molar-refractivity contribution < 1.29 is 4.79 Å². The Morgan fingerprint density at radius 2 is 1.92 bits per heavy atom. The molecule has 3 aromatic rings. The molecule has 0 bridgehead atoms. The number of nitriles is 1. The highest BCUT2D eigenvalue weighted by atomic mass is 16.1. The van der Waals surface area contributed by atoms with Crippen LogP contribution >= 0.6 is 0 Å². The number of nitrogens with zero attached hydrogens (tertiary/aromatic N) is 3. The molecule has 3 rings (SSSR count). The van der Waals surface area contributed by atoms with Crippen molar-refractivity contribution in [3.8, 4) is 6.07 Å². The Hall–Kier alpha value is -3.72. The van der Waals surface area contributed by atoms with E-state index in [1.807, 2.05) is 18.2 Å².